The molecule has 0 fully saturated rings. The second-order valence-corrected chi connectivity index (χ2v) is 7.91. The number of carbonyl (C=O) groups is 1. The summed E-state index contributed by atoms with van der Waals surface area (Å²) in [6, 6.07) is 12.7. The van der Waals surface area contributed by atoms with Gasteiger partial charge in [-0.05, 0) is 36.4 Å². The first-order valence-electron chi connectivity index (χ1n) is 9.54. The summed E-state index contributed by atoms with van der Waals surface area (Å²) in [5, 5.41) is 4.78. The van der Waals surface area contributed by atoms with Crippen LogP contribution in [-0.2, 0) is 0 Å². The van der Waals surface area contributed by atoms with E-state index in [2.05, 4.69) is 9.84 Å². The van der Waals surface area contributed by atoms with Gasteiger partial charge in [-0.2, -0.15) is 9.49 Å². The molecule has 0 radical (unpaired) electrons. The van der Waals surface area contributed by atoms with Gasteiger partial charge in [-0.25, -0.2) is 18.2 Å². The lowest BCUT2D eigenvalue weighted by atomic mass is 10.1. The van der Waals surface area contributed by atoms with Gasteiger partial charge in [0.1, 0.15) is 22.0 Å². The van der Waals surface area contributed by atoms with Crippen LogP contribution in [0.1, 0.15) is 26.9 Å². The lowest BCUT2D eigenvalue weighted by Gasteiger charge is -2.23. The number of ether oxygens (including phenoxy) is 2. The first kappa shape index (κ1) is 22.7. The van der Waals surface area contributed by atoms with Crippen molar-refractivity contribution in [2.45, 2.75) is 5.37 Å². The maximum atomic E-state index is 14.9. The average Bonchev–Trinajstić information content (AvgIpc) is 3.27. The molecule has 1 heterocycles. The average molecular weight is 476 g/mol. The molecule has 0 saturated carbocycles. The van der Waals surface area contributed by atoms with Gasteiger partial charge in [0.2, 0.25) is 5.82 Å². The molecule has 1 aliphatic rings. The van der Waals surface area contributed by atoms with Crippen LogP contribution in [0.3, 0.4) is 0 Å². The molecule has 3 aromatic rings. The van der Waals surface area contributed by atoms with Crippen molar-refractivity contribution < 1.29 is 31.8 Å². The van der Waals surface area contributed by atoms with E-state index in [0.29, 0.717) is 28.0 Å². The topological polar surface area (TPSA) is 51.1 Å². The molecule has 0 aliphatic carbocycles. The lowest BCUT2D eigenvalue weighted by molar-refractivity contribution is 0.0741. The predicted molar refractivity (Wildman–Crippen MR) is 115 cm³/mol. The molecule has 5 nitrogen and oxygen atoms in total. The molecule has 1 atom stereocenters. The zero-order valence-electron chi connectivity index (χ0n) is 17.3. The smallest absolute Gasteiger partial charge is 0.278 e. The molecule has 4 rings (SSSR count). The Morgan fingerprint density at radius 2 is 1.67 bits per heavy atom. The van der Waals surface area contributed by atoms with Crippen molar-refractivity contribution in [3.05, 3.63) is 94.6 Å². The fraction of sp³-hybridized carbons (Fsp3) is 0.130. The number of para-hydroxylation sites is 1. The molecular formula is C23H16F4N2O3S. The van der Waals surface area contributed by atoms with Crippen LogP contribution in [0.2, 0.25) is 0 Å². The van der Waals surface area contributed by atoms with Crippen molar-refractivity contribution in [1.29, 1.82) is 0 Å². The number of methoxy groups -OCH3 is 2. The Balaban J connectivity index is 1.83. The molecule has 1 unspecified atom stereocenters. The molecule has 10 heteroatoms. The van der Waals surface area contributed by atoms with E-state index in [1.807, 2.05) is 0 Å². The fourth-order valence-corrected chi connectivity index (χ4v) is 4.49. The van der Waals surface area contributed by atoms with Gasteiger partial charge in [0.25, 0.3) is 5.91 Å². The SMILES string of the molecule is COc1ccccc1C1SC(c2ccc(F)cc2)=NN1C(=O)c1cc(F)c(F)c(OC)c1F. The third kappa shape index (κ3) is 4.13. The standard InChI is InChI=1S/C23H16F4N2O3S/c1-31-17-6-4-3-5-14(17)23-29(28-21(33-23)12-7-9-13(24)10-8-12)22(30)15-11-16(25)19(27)20(32-2)18(15)26/h3-11,23H,1-2H3. The number of thioether (sulfide) groups is 1. The molecule has 3 aromatic carbocycles. The first-order chi connectivity index (χ1) is 15.8. The van der Waals surface area contributed by atoms with Gasteiger partial charge < -0.3 is 9.47 Å². The third-order valence-electron chi connectivity index (χ3n) is 4.90. The Morgan fingerprint density at radius 3 is 2.33 bits per heavy atom. The number of halogens is 4. The van der Waals surface area contributed by atoms with Gasteiger partial charge in [-0.1, -0.05) is 30.0 Å². The minimum atomic E-state index is -1.54. The Labute approximate surface area is 190 Å². The Bertz CT molecular complexity index is 1250. The summed E-state index contributed by atoms with van der Waals surface area (Å²) in [6.07, 6.45) is 0. The highest BCUT2D eigenvalue weighted by Gasteiger charge is 2.38. The number of hydrogen-bond donors (Lipinski definition) is 0. The summed E-state index contributed by atoms with van der Waals surface area (Å²) in [7, 11) is 2.41. The monoisotopic (exact) mass is 476 g/mol. The van der Waals surface area contributed by atoms with Crippen LogP contribution in [0.25, 0.3) is 0 Å². The zero-order valence-corrected chi connectivity index (χ0v) is 18.1. The van der Waals surface area contributed by atoms with Crippen molar-refractivity contribution in [2.24, 2.45) is 5.10 Å². The summed E-state index contributed by atoms with van der Waals surface area (Å²) >= 11 is 1.14. The van der Waals surface area contributed by atoms with E-state index in [4.69, 9.17) is 4.74 Å². The maximum absolute atomic E-state index is 14.9. The van der Waals surface area contributed by atoms with Crippen molar-refractivity contribution in [3.8, 4) is 11.5 Å². The van der Waals surface area contributed by atoms with Crippen LogP contribution in [0.5, 0.6) is 11.5 Å². The Kier molecular flexibility index (Phi) is 6.28. The second-order valence-electron chi connectivity index (χ2n) is 6.84. The van der Waals surface area contributed by atoms with E-state index < -0.39 is 45.9 Å². The fourth-order valence-electron chi connectivity index (χ4n) is 3.30. The molecule has 0 saturated heterocycles. The molecule has 0 bridgehead atoms. The number of rotatable bonds is 5. The Hall–Kier alpha value is -3.53. The minimum absolute atomic E-state index is 0.342. The van der Waals surface area contributed by atoms with E-state index in [0.717, 1.165) is 23.9 Å². The summed E-state index contributed by atoms with van der Waals surface area (Å²) in [5.74, 6) is -6.39. The van der Waals surface area contributed by atoms with E-state index in [1.165, 1.54) is 31.4 Å². The number of amides is 1. The number of benzene rings is 3. The van der Waals surface area contributed by atoms with Crippen molar-refractivity contribution in [2.75, 3.05) is 14.2 Å². The summed E-state index contributed by atoms with van der Waals surface area (Å²) in [4.78, 5) is 13.3. The van der Waals surface area contributed by atoms with Crippen molar-refractivity contribution >= 4 is 22.7 Å². The summed E-state index contributed by atoms with van der Waals surface area (Å²) in [6.45, 7) is 0. The van der Waals surface area contributed by atoms with Crippen LogP contribution in [-0.4, -0.2) is 30.2 Å². The Morgan fingerprint density at radius 1 is 0.970 bits per heavy atom. The van der Waals surface area contributed by atoms with Gasteiger partial charge in [0.05, 0.1) is 19.8 Å². The predicted octanol–water partition coefficient (Wildman–Crippen LogP) is 5.51. The van der Waals surface area contributed by atoms with E-state index in [1.54, 1.807) is 24.3 Å². The normalized spacial score (nSPS) is 15.4. The highest BCUT2D eigenvalue weighted by Crippen LogP contribution is 2.45. The zero-order chi connectivity index (χ0) is 23.7. The maximum Gasteiger partial charge on any atom is 0.278 e. The van der Waals surface area contributed by atoms with Gasteiger partial charge in [0.15, 0.2) is 17.4 Å². The second kappa shape index (κ2) is 9.14. The van der Waals surface area contributed by atoms with E-state index >= 15 is 0 Å². The molecule has 1 aliphatic heterocycles. The summed E-state index contributed by atoms with van der Waals surface area (Å²) < 4.78 is 66.2. The van der Waals surface area contributed by atoms with Gasteiger partial charge in [-0.15, -0.1) is 0 Å². The van der Waals surface area contributed by atoms with Crippen LogP contribution in [0.4, 0.5) is 17.6 Å². The number of carbonyl (C=O) groups excluding carboxylic acids is 1. The molecule has 0 aromatic heterocycles. The van der Waals surface area contributed by atoms with Gasteiger partial charge >= 0.3 is 0 Å². The van der Waals surface area contributed by atoms with Crippen molar-refractivity contribution in [1.82, 2.24) is 5.01 Å². The third-order valence-corrected chi connectivity index (χ3v) is 6.12. The first-order valence-corrected chi connectivity index (χ1v) is 10.4. The number of hydrazone groups is 1. The molecule has 33 heavy (non-hydrogen) atoms. The molecule has 0 spiro atoms. The molecular weight excluding hydrogens is 460 g/mol. The van der Waals surface area contributed by atoms with Crippen LogP contribution in [0, 0.1) is 23.3 Å². The van der Waals surface area contributed by atoms with E-state index in [9.17, 15) is 22.4 Å². The largest absolute Gasteiger partial charge is 0.496 e. The number of nitrogens with zero attached hydrogens (tertiary/aromatic N) is 2. The molecule has 0 N–H and O–H groups in total. The molecule has 1 amide bonds. The summed E-state index contributed by atoms with van der Waals surface area (Å²) in [5.41, 5.74) is 0.296. The van der Waals surface area contributed by atoms with Crippen LogP contribution >= 0.6 is 11.8 Å². The minimum Gasteiger partial charge on any atom is -0.496 e. The van der Waals surface area contributed by atoms with E-state index in [-0.39, 0.29) is 0 Å². The highest BCUT2D eigenvalue weighted by molar-refractivity contribution is 8.14. The van der Waals surface area contributed by atoms with Crippen LogP contribution < -0.4 is 9.47 Å². The lowest BCUT2D eigenvalue weighted by Crippen LogP contribution is -2.27. The highest BCUT2D eigenvalue weighted by atomic mass is 32.2. The number of hydrogen-bond acceptors (Lipinski definition) is 5. The van der Waals surface area contributed by atoms with Crippen molar-refractivity contribution in [3.63, 3.8) is 0 Å². The van der Waals surface area contributed by atoms with Gasteiger partial charge in [-0.3, -0.25) is 4.79 Å². The van der Waals surface area contributed by atoms with Crippen LogP contribution in [0.15, 0.2) is 59.7 Å². The quantitative estimate of drug-likeness (QED) is 0.360. The van der Waals surface area contributed by atoms with Gasteiger partial charge in [0, 0.05) is 11.1 Å². The molecule has 170 valence electrons.